The van der Waals surface area contributed by atoms with E-state index in [0.29, 0.717) is 39.4 Å². The molecule has 0 saturated carbocycles. The van der Waals surface area contributed by atoms with Gasteiger partial charge in [0, 0.05) is 40.7 Å². The van der Waals surface area contributed by atoms with Gasteiger partial charge in [-0.1, -0.05) is 17.7 Å². The number of aromatic amines is 1. The fourth-order valence-corrected chi connectivity index (χ4v) is 4.50. The first-order valence-electron chi connectivity index (χ1n) is 9.73. The molecule has 1 aliphatic heterocycles. The number of anilines is 1. The molecule has 2 aromatic carbocycles. The van der Waals surface area contributed by atoms with Crippen molar-refractivity contribution >= 4 is 34.1 Å². The lowest BCUT2D eigenvalue weighted by molar-refractivity contribution is 0.0995. The molecule has 0 bridgehead atoms. The minimum Gasteiger partial charge on any atom is -0.325 e. The van der Waals surface area contributed by atoms with Crippen LogP contribution >= 0.6 is 11.6 Å². The lowest BCUT2D eigenvalue weighted by atomic mass is 10.0. The van der Waals surface area contributed by atoms with E-state index >= 15 is 0 Å². The Balaban J connectivity index is 1.66. The number of hydrogen-bond acceptors (Lipinski definition) is 5. The van der Waals surface area contributed by atoms with Gasteiger partial charge < -0.3 is 5.73 Å². The largest absolute Gasteiger partial charge is 0.325 e. The number of H-pyrrole nitrogens is 1. The molecule has 0 atom stereocenters. The van der Waals surface area contributed by atoms with Gasteiger partial charge in [0.2, 0.25) is 0 Å². The van der Waals surface area contributed by atoms with Crippen LogP contribution in [0.3, 0.4) is 0 Å². The summed E-state index contributed by atoms with van der Waals surface area (Å²) in [5, 5.41) is 12.7. The van der Waals surface area contributed by atoms with E-state index in [1.807, 2.05) is 31.2 Å². The Morgan fingerprint density at radius 1 is 1.16 bits per heavy atom. The van der Waals surface area contributed by atoms with E-state index in [4.69, 9.17) is 17.3 Å². The van der Waals surface area contributed by atoms with Crippen molar-refractivity contribution in [3.8, 4) is 11.1 Å². The minimum atomic E-state index is -0.277. The molecule has 2 aromatic heterocycles. The van der Waals surface area contributed by atoms with Crippen molar-refractivity contribution in [2.45, 2.75) is 20.0 Å². The lowest BCUT2D eigenvalue weighted by Crippen LogP contribution is -2.26. The van der Waals surface area contributed by atoms with E-state index in [9.17, 15) is 9.59 Å². The molecule has 31 heavy (non-hydrogen) atoms. The first kappa shape index (κ1) is 19.5. The zero-order valence-electron chi connectivity index (χ0n) is 16.9. The van der Waals surface area contributed by atoms with E-state index in [1.54, 1.807) is 28.9 Å². The lowest BCUT2D eigenvalue weighted by Gasteiger charge is -2.18. The Labute approximate surface area is 182 Å². The van der Waals surface area contributed by atoms with Gasteiger partial charge >= 0.3 is 0 Å². The summed E-state index contributed by atoms with van der Waals surface area (Å²) >= 11 is 6.42. The van der Waals surface area contributed by atoms with Crippen molar-refractivity contribution in [1.82, 2.24) is 20.0 Å². The van der Waals surface area contributed by atoms with Gasteiger partial charge in [-0.3, -0.25) is 19.2 Å². The smallest absolute Gasteiger partial charge is 0.272 e. The number of rotatable bonds is 3. The maximum Gasteiger partial charge on any atom is 0.272 e. The van der Waals surface area contributed by atoms with Crippen LogP contribution in [0.2, 0.25) is 5.02 Å². The maximum atomic E-state index is 13.2. The van der Waals surface area contributed by atoms with E-state index in [1.165, 1.54) is 0 Å². The van der Waals surface area contributed by atoms with Gasteiger partial charge in [0.1, 0.15) is 5.82 Å². The number of benzene rings is 2. The highest BCUT2D eigenvalue weighted by atomic mass is 35.5. The van der Waals surface area contributed by atoms with Crippen LogP contribution in [0.5, 0.6) is 0 Å². The summed E-state index contributed by atoms with van der Waals surface area (Å²) in [6.07, 6.45) is 1.71. The normalized spacial score (nSPS) is 13.3. The van der Waals surface area contributed by atoms with Crippen LogP contribution < -0.4 is 16.2 Å². The molecule has 4 aromatic rings. The molecule has 8 nitrogen and oxygen atoms in total. The highest BCUT2D eigenvalue weighted by molar-refractivity contribution is 6.32. The van der Waals surface area contributed by atoms with E-state index in [0.717, 1.165) is 22.3 Å². The van der Waals surface area contributed by atoms with E-state index in [2.05, 4.69) is 15.3 Å². The third-order valence-electron chi connectivity index (χ3n) is 5.67. The van der Waals surface area contributed by atoms with Crippen LogP contribution in [-0.4, -0.2) is 25.9 Å². The predicted molar refractivity (Wildman–Crippen MR) is 119 cm³/mol. The number of fused-ring (bicyclic) bond motifs is 2. The predicted octanol–water partition coefficient (Wildman–Crippen LogP) is 2.90. The number of carbonyl (C=O) groups is 1. The van der Waals surface area contributed by atoms with Crippen molar-refractivity contribution in [2.24, 2.45) is 12.8 Å². The number of aromatic nitrogens is 4. The number of carbonyl (C=O) groups excluding carboxylic acids is 1. The summed E-state index contributed by atoms with van der Waals surface area (Å²) in [5.74, 6) is 0.536. The Morgan fingerprint density at radius 3 is 2.74 bits per heavy atom. The summed E-state index contributed by atoms with van der Waals surface area (Å²) in [6, 6.07) is 9.17. The van der Waals surface area contributed by atoms with Crippen LogP contribution in [0, 0.1) is 6.92 Å². The molecule has 1 amide bonds. The molecule has 0 radical (unpaired) electrons. The molecular weight excluding hydrogens is 416 g/mol. The second-order valence-corrected chi connectivity index (χ2v) is 8.04. The van der Waals surface area contributed by atoms with E-state index < -0.39 is 0 Å². The number of nitrogens with two attached hydrogens (primary N) is 1. The van der Waals surface area contributed by atoms with Crippen molar-refractivity contribution in [1.29, 1.82) is 0 Å². The number of aryl methyl sites for hydroxylation is 2. The Kier molecular flexibility index (Phi) is 4.42. The molecule has 9 heteroatoms. The van der Waals surface area contributed by atoms with Crippen molar-refractivity contribution in [3.05, 3.63) is 74.3 Å². The average molecular weight is 435 g/mol. The summed E-state index contributed by atoms with van der Waals surface area (Å²) < 4.78 is 1.67. The SMILES string of the molecule is Cc1cc(Cl)c2c(c1)C(=O)N(c1c(-c3ccc4c(=O)[nH]nc(CN)c4c3)cnn1C)C2. The number of hydrogen-bond donors (Lipinski definition) is 2. The highest BCUT2D eigenvalue weighted by Crippen LogP contribution is 2.38. The van der Waals surface area contributed by atoms with Crippen LogP contribution in [0.15, 0.2) is 41.3 Å². The van der Waals surface area contributed by atoms with Crippen LogP contribution in [0.4, 0.5) is 5.82 Å². The molecule has 3 heterocycles. The Morgan fingerprint density at radius 2 is 1.97 bits per heavy atom. The average Bonchev–Trinajstić information content (AvgIpc) is 3.28. The maximum absolute atomic E-state index is 13.2. The molecule has 156 valence electrons. The quantitative estimate of drug-likeness (QED) is 0.515. The fourth-order valence-electron chi connectivity index (χ4n) is 4.17. The van der Waals surface area contributed by atoms with Crippen LogP contribution in [-0.2, 0) is 20.1 Å². The monoisotopic (exact) mass is 434 g/mol. The van der Waals surface area contributed by atoms with Gasteiger partial charge in [0.05, 0.1) is 23.8 Å². The first-order valence-corrected chi connectivity index (χ1v) is 10.1. The third-order valence-corrected chi connectivity index (χ3v) is 6.00. The standard InChI is InChI=1S/C22H19ClN6O2/c1-11-5-15-17(18(23)6-11)10-29(22(15)31)21-16(9-25-28(21)2)12-3-4-13-14(7-12)19(8-24)26-27-20(13)30/h3-7,9H,8,10,24H2,1-2H3,(H,27,30). The van der Waals surface area contributed by atoms with Gasteiger partial charge in [-0.15, -0.1) is 0 Å². The third kappa shape index (κ3) is 2.95. The second kappa shape index (κ2) is 7.04. The number of halogens is 1. The second-order valence-electron chi connectivity index (χ2n) is 7.63. The molecule has 1 aliphatic rings. The van der Waals surface area contributed by atoms with Crippen molar-refractivity contribution in [2.75, 3.05) is 4.90 Å². The van der Waals surface area contributed by atoms with Gasteiger partial charge in [0.15, 0.2) is 0 Å². The zero-order chi connectivity index (χ0) is 21.9. The summed E-state index contributed by atoms with van der Waals surface area (Å²) in [6.45, 7) is 2.47. The van der Waals surface area contributed by atoms with Gasteiger partial charge in [-0.25, -0.2) is 5.10 Å². The highest BCUT2D eigenvalue weighted by Gasteiger charge is 2.34. The molecule has 0 spiro atoms. The van der Waals surface area contributed by atoms with Crippen LogP contribution in [0.25, 0.3) is 21.9 Å². The Bertz CT molecular complexity index is 1440. The molecule has 0 unspecified atom stereocenters. The fraction of sp³-hybridized carbons (Fsp3) is 0.182. The van der Waals surface area contributed by atoms with Crippen molar-refractivity contribution in [3.63, 3.8) is 0 Å². The van der Waals surface area contributed by atoms with Crippen LogP contribution in [0.1, 0.15) is 27.2 Å². The van der Waals surface area contributed by atoms with Gasteiger partial charge in [0.25, 0.3) is 11.5 Å². The zero-order valence-corrected chi connectivity index (χ0v) is 17.7. The molecule has 5 rings (SSSR count). The molecule has 0 fully saturated rings. The topological polar surface area (TPSA) is 110 Å². The number of amides is 1. The minimum absolute atomic E-state index is 0.119. The van der Waals surface area contributed by atoms with E-state index in [-0.39, 0.29) is 18.0 Å². The molecule has 0 aliphatic carbocycles. The number of nitrogens with zero attached hydrogens (tertiary/aromatic N) is 4. The van der Waals surface area contributed by atoms with Crippen molar-refractivity contribution < 1.29 is 4.79 Å². The number of nitrogens with one attached hydrogen (secondary N) is 1. The first-order chi connectivity index (χ1) is 14.9. The molecular formula is C22H19ClN6O2. The van der Waals surface area contributed by atoms with Gasteiger partial charge in [-0.2, -0.15) is 10.2 Å². The molecule has 3 N–H and O–H groups in total. The Hall–Kier alpha value is -3.49. The summed E-state index contributed by atoms with van der Waals surface area (Å²) in [4.78, 5) is 27.1. The summed E-state index contributed by atoms with van der Waals surface area (Å²) in [7, 11) is 1.79. The van der Waals surface area contributed by atoms with Gasteiger partial charge in [-0.05, 0) is 42.3 Å². The molecule has 0 saturated heterocycles. The summed E-state index contributed by atoms with van der Waals surface area (Å²) in [5.41, 5.74) is 10.1.